The number of morpholine rings is 1. The number of thioether (sulfide) groups is 1. The lowest BCUT2D eigenvalue weighted by molar-refractivity contribution is -0.00430. The van der Waals surface area contributed by atoms with Crippen molar-refractivity contribution in [2.45, 2.75) is 24.3 Å². The summed E-state index contributed by atoms with van der Waals surface area (Å²) in [4.78, 5) is 16.1. The van der Waals surface area contributed by atoms with Crippen LogP contribution in [0, 0.1) is 0 Å². The number of benzene rings is 1. The smallest absolute Gasteiger partial charge is 0.310 e. The van der Waals surface area contributed by atoms with E-state index < -0.39 is 5.54 Å². The highest BCUT2D eigenvalue weighted by molar-refractivity contribution is 7.98. The maximum Gasteiger partial charge on any atom is 0.310 e. The molecule has 1 atom stereocenters. The number of ketones is 1. The number of carbonyl (C=O) groups excluding carboxylic acids is 1. The van der Waals surface area contributed by atoms with Crippen molar-refractivity contribution in [1.29, 1.82) is 0 Å². The highest BCUT2D eigenvalue weighted by atomic mass is 32.2. The molecular weight excluding hydrogens is 305 g/mol. The van der Waals surface area contributed by atoms with Crippen molar-refractivity contribution in [3.8, 4) is 0 Å². The summed E-state index contributed by atoms with van der Waals surface area (Å²) in [6, 6.07) is 7.87. The summed E-state index contributed by atoms with van der Waals surface area (Å²) in [5.41, 5.74) is 0.319. The lowest BCUT2D eigenvalue weighted by Gasteiger charge is -2.39. The summed E-state index contributed by atoms with van der Waals surface area (Å²) in [6.45, 7) is 7.07. The summed E-state index contributed by atoms with van der Waals surface area (Å²) >= 11 is 1.69. The van der Waals surface area contributed by atoms with E-state index in [2.05, 4.69) is 4.90 Å². The number of ether oxygens (including phenoxy) is 1. The van der Waals surface area contributed by atoms with Gasteiger partial charge in [0, 0.05) is 23.5 Å². The van der Waals surface area contributed by atoms with Gasteiger partial charge in [-0.2, -0.15) is 0 Å². The SMILES string of the molecule is CSc1ccc(C(=O)C(C)(C)N2CCOCC2)cc1.O=[PH2+]. The molecule has 1 aliphatic rings. The molecule has 0 radical (unpaired) electrons. The first-order valence-corrected chi connectivity index (χ1v) is 8.50. The van der Waals surface area contributed by atoms with Crippen LogP contribution in [0.1, 0.15) is 24.2 Å². The number of hydrogen-bond acceptors (Lipinski definition) is 5. The normalized spacial score (nSPS) is 16.0. The molecule has 0 aromatic heterocycles. The van der Waals surface area contributed by atoms with Crippen molar-refractivity contribution >= 4 is 26.7 Å². The molecule has 1 fully saturated rings. The van der Waals surface area contributed by atoms with Gasteiger partial charge in [-0.3, -0.25) is 9.69 Å². The number of hydrogen-bond donors (Lipinski definition) is 0. The Morgan fingerprint density at radius 3 is 2.19 bits per heavy atom. The molecule has 1 aliphatic heterocycles. The van der Waals surface area contributed by atoms with E-state index in [1.54, 1.807) is 11.8 Å². The van der Waals surface area contributed by atoms with Gasteiger partial charge in [0.25, 0.3) is 0 Å². The van der Waals surface area contributed by atoms with Crippen LogP contribution in [-0.4, -0.2) is 48.8 Å². The van der Waals surface area contributed by atoms with Gasteiger partial charge in [0.15, 0.2) is 5.78 Å². The van der Waals surface area contributed by atoms with Gasteiger partial charge >= 0.3 is 9.12 Å². The predicted molar refractivity (Wildman–Crippen MR) is 89.4 cm³/mol. The second kappa shape index (κ2) is 8.64. The molecule has 116 valence electrons. The minimum Gasteiger partial charge on any atom is -0.379 e. The summed E-state index contributed by atoms with van der Waals surface area (Å²) in [6.07, 6.45) is 2.04. The van der Waals surface area contributed by atoms with E-state index in [0.29, 0.717) is 13.2 Å². The molecule has 4 nitrogen and oxygen atoms in total. The molecule has 0 aliphatic carbocycles. The lowest BCUT2D eigenvalue weighted by atomic mass is 9.91. The fourth-order valence-electron chi connectivity index (χ4n) is 2.36. The van der Waals surface area contributed by atoms with Crippen molar-refractivity contribution in [3.63, 3.8) is 0 Å². The van der Waals surface area contributed by atoms with Gasteiger partial charge in [-0.05, 0) is 32.2 Å². The topological polar surface area (TPSA) is 46.6 Å². The van der Waals surface area contributed by atoms with Crippen LogP contribution in [0.2, 0.25) is 0 Å². The largest absolute Gasteiger partial charge is 0.379 e. The minimum atomic E-state index is -0.468. The van der Waals surface area contributed by atoms with Gasteiger partial charge in [-0.1, -0.05) is 16.7 Å². The molecule has 1 heterocycles. The standard InChI is InChI=1S/C15H21NO2S.H2OP/c1-15(2,16-8-10-18-11-9-16)14(17)12-4-6-13(19-3)7-5-12;1-2/h4-7H,8-11H2,1-3H3;2H2/q;+1. The van der Waals surface area contributed by atoms with Gasteiger partial charge in [0.2, 0.25) is 0 Å². The third-order valence-corrected chi connectivity index (χ3v) is 4.45. The van der Waals surface area contributed by atoms with Crippen LogP contribution in [0.3, 0.4) is 0 Å². The molecule has 21 heavy (non-hydrogen) atoms. The fourth-order valence-corrected chi connectivity index (χ4v) is 2.77. The van der Waals surface area contributed by atoms with Crippen LogP contribution >= 0.6 is 20.9 Å². The average Bonchev–Trinajstić information content (AvgIpc) is 2.57. The second-order valence-electron chi connectivity index (χ2n) is 5.22. The monoisotopic (exact) mass is 328 g/mol. The van der Waals surface area contributed by atoms with Crippen LogP contribution in [0.5, 0.6) is 0 Å². The van der Waals surface area contributed by atoms with Gasteiger partial charge < -0.3 is 4.74 Å². The zero-order valence-corrected chi connectivity index (χ0v) is 14.8. The Morgan fingerprint density at radius 1 is 1.19 bits per heavy atom. The Bertz CT molecular complexity index is 458. The number of Topliss-reactive ketones (excluding diaryl/α,β-unsaturated/α-hetero) is 1. The molecule has 1 saturated heterocycles. The Morgan fingerprint density at radius 2 is 1.71 bits per heavy atom. The summed E-state index contributed by atoms with van der Waals surface area (Å²) in [5.74, 6) is 0.182. The summed E-state index contributed by atoms with van der Waals surface area (Å²) < 4.78 is 13.5. The quantitative estimate of drug-likeness (QED) is 0.483. The van der Waals surface area contributed by atoms with E-state index in [9.17, 15) is 4.79 Å². The van der Waals surface area contributed by atoms with E-state index in [-0.39, 0.29) is 5.78 Å². The van der Waals surface area contributed by atoms with Crippen LogP contribution in [0.15, 0.2) is 29.2 Å². The predicted octanol–water partition coefficient (Wildman–Crippen LogP) is 2.91. The van der Waals surface area contributed by atoms with Crippen LogP contribution < -0.4 is 0 Å². The van der Waals surface area contributed by atoms with Crippen LogP contribution in [-0.2, 0) is 9.30 Å². The number of carbonyl (C=O) groups is 1. The molecule has 1 aromatic carbocycles. The zero-order valence-electron chi connectivity index (χ0n) is 12.8. The molecule has 2 rings (SSSR count). The lowest BCUT2D eigenvalue weighted by Crippen LogP contribution is -2.54. The fraction of sp³-hybridized carbons (Fsp3) is 0.533. The number of rotatable bonds is 4. The maximum atomic E-state index is 12.7. The highest BCUT2D eigenvalue weighted by Crippen LogP contribution is 2.23. The molecule has 0 bridgehead atoms. The van der Waals surface area contributed by atoms with Crippen molar-refractivity contribution in [3.05, 3.63) is 29.8 Å². The molecule has 0 saturated carbocycles. The Kier molecular flexibility index (Phi) is 7.53. The first-order valence-electron chi connectivity index (χ1n) is 6.81. The van der Waals surface area contributed by atoms with E-state index in [0.717, 1.165) is 18.7 Å². The van der Waals surface area contributed by atoms with Gasteiger partial charge in [0.05, 0.1) is 18.8 Å². The van der Waals surface area contributed by atoms with Gasteiger partial charge in [0.1, 0.15) is 0 Å². The molecule has 0 amide bonds. The van der Waals surface area contributed by atoms with E-state index in [1.807, 2.05) is 44.4 Å². The molecule has 1 unspecified atom stereocenters. The van der Waals surface area contributed by atoms with Crippen molar-refractivity contribution in [1.82, 2.24) is 4.90 Å². The minimum absolute atomic E-state index is 0.182. The average molecular weight is 328 g/mol. The molecule has 0 spiro atoms. The number of nitrogens with zero attached hydrogens (tertiary/aromatic N) is 1. The molecule has 1 aromatic rings. The Balaban J connectivity index is 0.00000106. The first kappa shape index (κ1) is 18.3. The molecular formula is C15H23NO3PS+. The third kappa shape index (κ3) is 4.62. The molecule has 0 N–H and O–H groups in total. The summed E-state index contributed by atoms with van der Waals surface area (Å²) in [7, 11) is 1.17. The van der Waals surface area contributed by atoms with Crippen molar-refractivity contribution in [2.24, 2.45) is 0 Å². The van der Waals surface area contributed by atoms with E-state index in [1.165, 1.54) is 14.0 Å². The van der Waals surface area contributed by atoms with E-state index >= 15 is 0 Å². The van der Waals surface area contributed by atoms with Crippen LogP contribution in [0.4, 0.5) is 0 Å². The zero-order chi connectivity index (χ0) is 15.9. The van der Waals surface area contributed by atoms with Gasteiger partial charge in [-0.25, -0.2) is 0 Å². The van der Waals surface area contributed by atoms with Gasteiger partial charge in [-0.15, -0.1) is 11.8 Å². The Hall–Kier alpha value is -0.740. The second-order valence-corrected chi connectivity index (χ2v) is 6.10. The maximum absolute atomic E-state index is 12.7. The van der Waals surface area contributed by atoms with Crippen LogP contribution in [0.25, 0.3) is 0 Å². The molecule has 6 heteroatoms. The van der Waals surface area contributed by atoms with E-state index in [4.69, 9.17) is 9.30 Å². The Labute approximate surface area is 132 Å². The van der Waals surface area contributed by atoms with Crippen molar-refractivity contribution in [2.75, 3.05) is 32.6 Å². The highest BCUT2D eigenvalue weighted by Gasteiger charge is 2.35. The first-order chi connectivity index (χ1) is 10.1. The summed E-state index contributed by atoms with van der Waals surface area (Å²) in [5, 5.41) is 0. The van der Waals surface area contributed by atoms with Crippen molar-refractivity contribution < 1.29 is 14.1 Å². The third-order valence-electron chi connectivity index (χ3n) is 3.71.